The van der Waals surface area contributed by atoms with Crippen LogP contribution in [0.2, 0.25) is 5.02 Å². The van der Waals surface area contributed by atoms with Crippen molar-refractivity contribution < 1.29 is 13.6 Å². The third-order valence-electron chi connectivity index (χ3n) is 3.49. The molecule has 6 heteroatoms. The lowest BCUT2D eigenvalue weighted by Crippen LogP contribution is -2.31. The van der Waals surface area contributed by atoms with Crippen LogP contribution in [0, 0.1) is 11.6 Å². The van der Waals surface area contributed by atoms with Gasteiger partial charge in [-0.25, -0.2) is 8.78 Å². The first-order chi connectivity index (χ1) is 10.5. The highest BCUT2D eigenvalue weighted by atomic mass is 35.5. The Bertz CT molecular complexity index is 738. The predicted octanol–water partition coefficient (Wildman–Crippen LogP) is 4.59. The minimum absolute atomic E-state index is 0.164. The van der Waals surface area contributed by atoms with Crippen LogP contribution in [-0.2, 0) is 0 Å². The number of amides is 1. The predicted molar refractivity (Wildman–Crippen MR) is 83.4 cm³/mol. The van der Waals surface area contributed by atoms with E-state index in [1.165, 1.54) is 0 Å². The van der Waals surface area contributed by atoms with Crippen molar-refractivity contribution in [2.45, 2.75) is 17.4 Å². The summed E-state index contributed by atoms with van der Waals surface area (Å²) < 4.78 is 26.6. The van der Waals surface area contributed by atoms with Crippen LogP contribution in [0.5, 0.6) is 0 Å². The molecule has 114 valence electrons. The first-order valence-corrected chi connectivity index (χ1v) is 8.09. The number of thioether (sulfide) groups is 1. The Hall–Kier alpha value is -1.59. The summed E-state index contributed by atoms with van der Waals surface area (Å²) in [6, 6.07) is 8.23. The quantitative estimate of drug-likeness (QED) is 0.867. The van der Waals surface area contributed by atoms with Gasteiger partial charge in [-0.2, -0.15) is 0 Å². The Labute approximate surface area is 135 Å². The number of nitrogens with one attached hydrogen (secondary N) is 1. The molecule has 2 nitrogen and oxygen atoms in total. The molecule has 0 saturated carbocycles. The molecule has 0 spiro atoms. The van der Waals surface area contributed by atoms with Gasteiger partial charge in [-0.05, 0) is 42.3 Å². The van der Waals surface area contributed by atoms with Crippen LogP contribution in [0.25, 0.3) is 0 Å². The summed E-state index contributed by atoms with van der Waals surface area (Å²) in [5.74, 6) is -1.28. The van der Waals surface area contributed by atoms with Crippen LogP contribution in [0.4, 0.5) is 8.78 Å². The molecule has 1 amide bonds. The maximum Gasteiger partial charge on any atom is 0.254 e. The van der Waals surface area contributed by atoms with E-state index in [1.54, 1.807) is 17.8 Å². The molecule has 0 aliphatic carbocycles. The van der Waals surface area contributed by atoms with E-state index in [0.29, 0.717) is 11.1 Å². The monoisotopic (exact) mass is 339 g/mol. The third-order valence-corrected chi connectivity index (χ3v) is 4.85. The SMILES string of the molecule is O=C(NC1CCSc2ccc(Cl)cc21)c1ccc(F)cc1F. The number of benzene rings is 2. The highest BCUT2D eigenvalue weighted by Crippen LogP contribution is 2.37. The van der Waals surface area contributed by atoms with E-state index >= 15 is 0 Å². The number of halogens is 3. The zero-order chi connectivity index (χ0) is 15.7. The van der Waals surface area contributed by atoms with E-state index in [-0.39, 0.29) is 11.6 Å². The highest BCUT2D eigenvalue weighted by Gasteiger charge is 2.24. The Morgan fingerprint density at radius 3 is 2.82 bits per heavy atom. The largest absolute Gasteiger partial charge is 0.345 e. The first kappa shape index (κ1) is 15.3. The van der Waals surface area contributed by atoms with Crippen molar-refractivity contribution in [2.24, 2.45) is 0 Å². The maximum absolute atomic E-state index is 13.7. The van der Waals surface area contributed by atoms with Crippen LogP contribution in [0.3, 0.4) is 0 Å². The average molecular weight is 340 g/mol. The van der Waals surface area contributed by atoms with Crippen molar-refractivity contribution in [1.82, 2.24) is 5.32 Å². The Balaban J connectivity index is 1.85. The molecule has 1 aliphatic rings. The smallest absolute Gasteiger partial charge is 0.254 e. The fraction of sp³-hybridized carbons (Fsp3) is 0.188. The van der Waals surface area contributed by atoms with Gasteiger partial charge in [-0.3, -0.25) is 4.79 Å². The van der Waals surface area contributed by atoms with Crippen LogP contribution in [0.15, 0.2) is 41.3 Å². The fourth-order valence-electron chi connectivity index (χ4n) is 2.42. The van der Waals surface area contributed by atoms with Gasteiger partial charge in [0.2, 0.25) is 0 Å². The summed E-state index contributed by atoms with van der Waals surface area (Å²) >= 11 is 7.71. The van der Waals surface area contributed by atoms with E-state index in [4.69, 9.17) is 11.6 Å². The van der Waals surface area contributed by atoms with E-state index in [1.807, 2.05) is 12.1 Å². The second-order valence-corrected chi connectivity index (χ2v) is 6.54. The van der Waals surface area contributed by atoms with Crippen molar-refractivity contribution in [3.8, 4) is 0 Å². The number of fused-ring (bicyclic) bond motifs is 1. The molecule has 0 radical (unpaired) electrons. The molecule has 3 rings (SSSR count). The van der Waals surface area contributed by atoms with E-state index in [0.717, 1.165) is 34.8 Å². The normalized spacial score (nSPS) is 17.0. The highest BCUT2D eigenvalue weighted by molar-refractivity contribution is 7.99. The van der Waals surface area contributed by atoms with Gasteiger partial charge in [-0.1, -0.05) is 11.6 Å². The van der Waals surface area contributed by atoms with Gasteiger partial charge in [0.05, 0.1) is 11.6 Å². The van der Waals surface area contributed by atoms with Crippen LogP contribution < -0.4 is 5.32 Å². The number of carbonyl (C=O) groups is 1. The standard InChI is InChI=1S/C16H12ClF2NOS/c17-9-1-4-15-12(7-9)14(5-6-22-15)20-16(21)11-3-2-10(18)8-13(11)19/h1-4,7-8,14H,5-6H2,(H,20,21). The molecule has 2 aromatic rings. The molecule has 1 N–H and O–H groups in total. The van der Waals surface area contributed by atoms with Gasteiger partial charge < -0.3 is 5.32 Å². The fourth-order valence-corrected chi connectivity index (χ4v) is 3.71. The molecule has 2 aromatic carbocycles. The lowest BCUT2D eigenvalue weighted by molar-refractivity contribution is 0.0931. The van der Waals surface area contributed by atoms with Crippen molar-refractivity contribution >= 4 is 29.3 Å². The van der Waals surface area contributed by atoms with Gasteiger partial charge in [0.1, 0.15) is 11.6 Å². The van der Waals surface area contributed by atoms with Gasteiger partial charge in [0.15, 0.2) is 0 Å². The molecule has 22 heavy (non-hydrogen) atoms. The van der Waals surface area contributed by atoms with Crippen LogP contribution in [0.1, 0.15) is 28.4 Å². The summed E-state index contributed by atoms with van der Waals surface area (Å²) in [6.45, 7) is 0. The molecule has 1 heterocycles. The van der Waals surface area contributed by atoms with Crippen LogP contribution in [-0.4, -0.2) is 11.7 Å². The van der Waals surface area contributed by atoms with Gasteiger partial charge >= 0.3 is 0 Å². The Morgan fingerprint density at radius 2 is 2.05 bits per heavy atom. The summed E-state index contributed by atoms with van der Waals surface area (Å²) in [4.78, 5) is 13.3. The van der Waals surface area contributed by atoms with Crippen molar-refractivity contribution in [2.75, 3.05) is 5.75 Å². The van der Waals surface area contributed by atoms with Gasteiger partial charge in [0, 0.05) is 21.7 Å². The molecule has 0 saturated heterocycles. The molecule has 0 bridgehead atoms. The molecular weight excluding hydrogens is 328 g/mol. The molecular formula is C16H12ClF2NOS. The summed E-state index contributed by atoms with van der Waals surface area (Å²) in [5.41, 5.74) is 0.767. The van der Waals surface area contributed by atoms with E-state index in [9.17, 15) is 13.6 Å². The maximum atomic E-state index is 13.7. The third kappa shape index (κ3) is 3.10. The second-order valence-electron chi connectivity index (χ2n) is 4.97. The first-order valence-electron chi connectivity index (χ1n) is 6.73. The second kappa shape index (κ2) is 6.26. The van der Waals surface area contributed by atoms with E-state index in [2.05, 4.69) is 5.32 Å². The summed E-state index contributed by atoms with van der Waals surface area (Å²) in [5, 5.41) is 3.40. The zero-order valence-electron chi connectivity index (χ0n) is 11.4. The molecule has 0 fully saturated rings. The molecule has 0 aromatic heterocycles. The number of rotatable bonds is 2. The van der Waals surface area contributed by atoms with Crippen molar-refractivity contribution in [1.29, 1.82) is 0 Å². The topological polar surface area (TPSA) is 29.1 Å². The number of hydrogen-bond donors (Lipinski definition) is 1. The zero-order valence-corrected chi connectivity index (χ0v) is 13.0. The van der Waals surface area contributed by atoms with Gasteiger partial charge in [-0.15, -0.1) is 11.8 Å². The number of hydrogen-bond acceptors (Lipinski definition) is 2. The minimum atomic E-state index is -0.867. The Kier molecular flexibility index (Phi) is 4.36. The average Bonchev–Trinajstić information content (AvgIpc) is 2.47. The summed E-state index contributed by atoms with van der Waals surface area (Å²) in [7, 11) is 0. The molecule has 1 atom stereocenters. The minimum Gasteiger partial charge on any atom is -0.345 e. The summed E-state index contributed by atoms with van der Waals surface area (Å²) in [6.07, 6.45) is 0.729. The van der Waals surface area contributed by atoms with Crippen molar-refractivity contribution in [3.63, 3.8) is 0 Å². The van der Waals surface area contributed by atoms with Crippen LogP contribution >= 0.6 is 23.4 Å². The molecule has 1 unspecified atom stereocenters. The van der Waals surface area contributed by atoms with E-state index < -0.39 is 17.5 Å². The molecule has 1 aliphatic heterocycles. The van der Waals surface area contributed by atoms with Crippen molar-refractivity contribution in [3.05, 3.63) is 64.2 Å². The Morgan fingerprint density at radius 1 is 1.23 bits per heavy atom. The number of carbonyl (C=O) groups excluding carboxylic acids is 1. The van der Waals surface area contributed by atoms with Gasteiger partial charge in [0.25, 0.3) is 5.91 Å². The lowest BCUT2D eigenvalue weighted by Gasteiger charge is -2.26. The lowest BCUT2D eigenvalue weighted by atomic mass is 10.0.